The number of nitrogens with one attached hydrogen (secondary N) is 2. The maximum Gasteiger partial charge on any atom is 0.153 e. The Morgan fingerprint density at radius 3 is 2.63 bits per heavy atom. The number of nitrogens with two attached hydrogens (primary N) is 1. The highest BCUT2D eigenvalue weighted by Gasteiger charge is 2.01. The average molecular weight is 251 g/mol. The molecule has 0 radical (unpaired) electrons. The Hall–Kier alpha value is -2.82. The van der Waals surface area contributed by atoms with Crippen LogP contribution in [-0.2, 0) is 0 Å². The number of hydrogen-bond donors (Lipinski definition) is 3. The molecule has 0 amide bonds. The fraction of sp³-hybridized carbons (Fsp3) is 0. The number of benzene rings is 1. The lowest BCUT2D eigenvalue weighted by Crippen LogP contribution is -1.97. The Labute approximate surface area is 110 Å². The van der Waals surface area contributed by atoms with E-state index in [2.05, 4.69) is 20.5 Å². The van der Waals surface area contributed by atoms with Gasteiger partial charge in [-0.3, -0.25) is 0 Å². The monoisotopic (exact) mass is 251 g/mol. The third-order valence-corrected chi connectivity index (χ3v) is 2.70. The van der Waals surface area contributed by atoms with Crippen LogP contribution >= 0.6 is 0 Å². The first-order valence-electron chi connectivity index (χ1n) is 5.91. The van der Waals surface area contributed by atoms with Gasteiger partial charge in [-0.2, -0.15) is 0 Å². The number of H-pyrrole nitrogens is 1. The molecule has 1 aromatic carbocycles. The van der Waals surface area contributed by atoms with Crippen molar-refractivity contribution >= 4 is 17.2 Å². The summed E-state index contributed by atoms with van der Waals surface area (Å²) in [5.41, 5.74) is 9.08. The minimum Gasteiger partial charge on any atom is -0.399 e. The number of aromatic nitrogens is 3. The van der Waals surface area contributed by atoms with E-state index in [-0.39, 0.29) is 0 Å². The fourth-order valence-electron chi connectivity index (χ4n) is 1.80. The van der Waals surface area contributed by atoms with Crippen molar-refractivity contribution in [3.63, 3.8) is 0 Å². The predicted molar refractivity (Wildman–Crippen MR) is 76.0 cm³/mol. The van der Waals surface area contributed by atoms with E-state index >= 15 is 0 Å². The lowest BCUT2D eigenvalue weighted by Gasteiger charge is -2.05. The number of nitrogens with zero attached hydrogens (tertiary/aromatic N) is 2. The number of nitrogen functional groups attached to an aromatic ring is 1. The van der Waals surface area contributed by atoms with E-state index in [4.69, 9.17) is 5.73 Å². The van der Waals surface area contributed by atoms with Gasteiger partial charge in [0.2, 0.25) is 0 Å². The number of rotatable bonds is 3. The van der Waals surface area contributed by atoms with Gasteiger partial charge in [0.1, 0.15) is 5.69 Å². The van der Waals surface area contributed by atoms with Crippen LogP contribution in [0.2, 0.25) is 0 Å². The van der Waals surface area contributed by atoms with Gasteiger partial charge in [-0.25, -0.2) is 0 Å². The van der Waals surface area contributed by atoms with Gasteiger partial charge in [-0.1, -0.05) is 6.07 Å². The number of aromatic amines is 1. The van der Waals surface area contributed by atoms with Gasteiger partial charge in [-0.05, 0) is 42.5 Å². The molecule has 2 heterocycles. The molecule has 3 rings (SSSR count). The first kappa shape index (κ1) is 11.3. The summed E-state index contributed by atoms with van der Waals surface area (Å²) >= 11 is 0. The van der Waals surface area contributed by atoms with Gasteiger partial charge in [0.25, 0.3) is 0 Å². The summed E-state index contributed by atoms with van der Waals surface area (Å²) in [5, 5.41) is 11.5. The predicted octanol–water partition coefficient (Wildman–Crippen LogP) is 2.80. The van der Waals surface area contributed by atoms with Gasteiger partial charge in [0, 0.05) is 17.6 Å². The molecule has 0 fully saturated rings. The Morgan fingerprint density at radius 2 is 1.95 bits per heavy atom. The highest BCUT2D eigenvalue weighted by molar-refractivity contribution is 5.62. The summed E-state index contributed by atoms with van der Waals surface area (Å²) in [6, 6.07) is 15.2. The highest BCUT2D eigenvalue weighted by Crippen LogP contribution is 2.18. The zero-order valence-electron chi connectivity index (χ0n) is 10.2. The SMILES string of the molecule is Nc1cccc(Nc2ccc(-c3ccc[nH]3)nn2)c1. The summed E-state index contributed by atoms with van der Waals surface area (Å²) in [7, 11) is 0. The van der Waals surface area contributed by atoms with Crippen LogP contribution in [0.3, 0.4) is 0 Å². The van der Waals surface area contributed by atoms with Crippen LogP contribution in [0.5, 0.6) is 0 Å². The molecule has 0 bridgehead atoms. The van der Waals surface area contributed by atoms with Gasteiger partial charge in [0.15, 0.2) is 5.82 Å². The van der Waals surface area contributed by atoms with Gasteiger partial charge in [-0.15, -0.1) is 10.2 Å². The van der Waals surface area contributed by atoms with E-state index in [0.29, 0.717) is 11.5 Å². The topological polar surface area (TPSA) is 79.6 Å². The van der Waals surface area contributed by atoms with E-state index in [9.17, 15) is 0 Å². The third kappa shape index (κ3) is 2.55. The summed E-state index contributed by atoms with van der Waals surface area (Å²) < 4.78 is 0. The fourth-order valence-corrected chi connectivity index (χ4v) is 1.80. The molecule has 2 aromatic heterocycles. The van der Waals surface area contributed by atoms with E-state index in [1.54, 1.807) is 0 Å². The van der Waals surface area contributed by atoms with Gasteiger partial charge >= 0.3 is 0 Å². The molecule has 94 valence electrons. The molecule has 0 spiro atoms. The standard InChI is InChI=1S/C14H13N5/c15-10-3-1-4-11(9-10)17-14-7-6-13(18-19-14)12-5-2-8-16-12/h1-9,16H,15H2,(H,17,19). The molecule has 0 saturated carbocycles. The molecule has 5 nitrogen and oxygen atoms in total. The van der Waals surface area contributed by atoms with Crippen molar-refractivity contribution in [3.8, 4) is 11.4 Å². The van der Waals surface area contributed by atoms with Crippen LogP contribution < -0.4 is 11.1 Å². The molecule has 0 unspecified atom stereocenters. The average Bonchev–Trinajstić information content (AvgIpc) is 2.94. The van der Waals surface area contributed by atoms with Gasteiger partial charge in [0.05, 0.1) is 5.69 Å². The quantitative estimate of drug-likeness (QED) is 0.625. The van der Waals surface area contributed by atoms with Crippen molar-refractivity contribution in [1.82, 2.24) is 15.2 Å². The Morgan fingerprint density at radius 1 is 1.00 bits per heavy atom. The van der Waals surface area contributed by atoms with Crippen molar-refractivity contribution < 1.29 is 0 Å². The second kappa shape index (κ2) is 4.81. The molecular weight excluding hydrogens is 238 g/mol. The van der Waals surface area contributed by atoms with Crippen molar-refractivity contribution in [2.24, 2.45) is 0 Å². The normalized spacial score (nSPS) is 10.3. The molecule has 19 heavy (non-hydrogen) atoms. The minimum absolute atomic E-state index is 0.681. The molecule has 3 aromatic rings. The summed E-state index contributed by atoms with van der Waals surface area (Å²) in [6.45, 7) is 0. The molecule has 0 atom stereocenters. The lowest BCUT2D eigenvalue weighted by molar-refractivity contribution is 1.04. The van der Waals surface area contributed by atoms with Crippen LogP contribution in [0.15, 0.2) is 54.7 Å². The van der Waals surface area contributed by atoms with E-state index in [0.717, 1.165) is 17.1 Å². The highest BCUT2D eigenvalue weighted by atomic mass is 15.2. The zero-order chi connectivity index (χ0) is 13.1. The van der Waals surface area contributed by atoms with Gasteiger partial charge < -0.3 is 16.0 Å². The number of anilines is 3. The maximum atomic E-state index is 5.72. The van der Waals surface area contributed by atoms with E-state index in [1.165, 1.54) is 0 Å². The van der Waals surface area contributed by atoms with Crippen molar-refractivity contribution in [1.29, 1.82) is 0 Å². The van der Waals surface area contributed by atoms with E-state index < -0.39 is 0 Å². The summed E-state index contributed by atoms with van der Waals surface area (Å²) in [6.07, 6.45) is 1.86. The summed E-state index contributed by atoms with van der Waals surface area (Å²) in [5.74, 6) is 0.681. The second-order valence-corrected chi connectivity index (χ2v) is 4.14. The second-order valence-electron chi connectivity index (χ2n) is 4.14. The van der Waals surface area contributed by atoms with Crippen LogP contribution in [0, 0.1) is 0 Å². The zero-order valence-corrected chi connectivity index (χ0v) is 10.2. The Kier molecular flexibility index (Phi) is 2.86. The maximum absolute atomic E-state index is 5.72. The minimum atomic E-state index is 0.681. The lowest BCUT2D eigenvalue weighted by atomic mass is 10.2. The molecule has 0 saturated heterocycles. The largest absolute Gasteiger partial charge is 0.399 e. The van der Waals surface area contributed by atoms with Crippen LogP contribution in [0.4, 0.5) is 17.2 Å². The molecular formula is C14H13N5. The number of hydrogen-bond acceptors (Lipinski definition) is 4. The molecule has 0 aliphatic carbocycles. The first-order valence-corrected chi connectivity index (χ1v) is 5.91. The van der Waals surface area contributed by atoms with Crippen LogP contribution in [0.25, 0.3) is 11.4 Å². The molecule has 5 heteroatoms. The van der Waals surface area contributed by atoms with Crippen LogP contribution in [0.1, 0.15) is 0 Å². The van der Waals surface area contributed by atoms with Crippen LogP contribution in [-0.4, -0.2) is 15.2 Å². The molecule has 0 aliphatic rings. The smallest absolute Gasteiger partial charge is 0.153 e. The van der Waals surface area contributed by atoms with Crippen molar-refractivity contribution in [3.05, 3.63) is 54.7 Å². The third-order valence-electron chi connectivity index (χ3n) is 2.70. The summed E-state index contributed by atoms with van der Waals surface area (Å²) in [4.78, 5) is 3.09. The molecule has 4 N–H and O–H groups in total. The first-order chi connectivity index (χ1) is 9.31. The Balaban J connectivity index is 1.80. The van der Waals surface area contributed by atoms with E-state index in [1.807, 2.05) is 54.7 Å². The van der Waals surface area contributed by atoms with Crippen molar-refractivity contribution in [2.75, 3.05) is 11.1 Å². The Bertz CT molecular complexity index is 659. The molecule has 0 aliphatic heterocycles. The van der Waals surface area contributed by atoms with Crippen molar-refractivity contribution in [2.45, 2.75) is 0 Å².